The van der Waals surface area contributed by atoms with Gasteiger partial charge in [0.25, 0.3) is 5.91 Å². The van der Waals surface area contributed by atoms with Crippen molar-refractivity contribution < 1.29 is 4.79 Å². The van der Waals surface area contributed by atoms with Crippen LogP contribution in [0.25, 0.3) is 0 Å². The van der Waals surface area contributed by atoms with Crippen LogP contribution in [0.2, 0.25) is 0 Å². The lowest BCUT2D eigenvalue weighted by molar-refractivity contribution is 0.0938. The van der Waals surface area contributed by atoms with Gasteiger partial charge in [0.1, 0.15) is 5.69 Å². The van der Waals surface area contributed by atoms with Crippen LogP contribution >= 0.6 is 12.2 Å². The van der Waals surface area contributed by atoms with Gasteiger partial charge in [-0.3, -0.25) is 20.6 Å². The summed E-state index contributed by atoms with van der Waals surface area (Å²) in [5.74, 6) is -0.382. The molecule has 0 aromatic carbocycles. The number of carbonyl (C=O) groups is 1. The highest BCUT2D eigenvalue weighted by atomic mass is 32.1. The van der Waals surface area contributed by atoms with E-state index in [1.54, 1.807) is 6.92 Å². The van der Waals surface area contributed by atoms with E-state index in [0.29, 0.717) is 11.7 Å². The maximum absolute atomic E-state index is 11.5. The van der Waals surface area contributed by atoms with Crippen LogP contribution in [-0.2, 0) is 0 Å². The summed E-state index contributed by atoms with van der Waals surface area (Å²) in [6.07, 6.45) is 2.93. The molecular weight excluding hydrogens is 226 g/mol. The van der Waals surface area contributed by atoms with Gasteiger partial charge in [0.15, 0.2) is 5.11 Å². The Bertz CT molecular complexity index is 378. The Labute approximate surface area is 98.8 Å². The first-order chi connectivity index (χ1) is 7.63. The maximum Gasteiger partial charge on any atom is 0.289 e. The zero-order valence-electron chi connectivity index (χ0n) is 9.07. The molecule has 86 valence electrons. The zero-order valence-corrected chi connectivity index (χ0v) is 9.89. The number of amides is 1. The lowest BCUT2D eigenvalue weighted by atomic mass is 10.4. The van der Waals surface area contributed by atoms with Crippen molar-refractivity contribution in [2.24, 2.45) is 0 Å². The van der Waals surface area contributed by atoms with Gasteiger partial charge in [-0.2, -0.15) is 0 Å². The Morgan fingerprint density at radius 2 is 2.12 bits per heavy atom. The average Bonchev–Trinajstić information content (AvgIpc) is 2.27. The Hall–Kier alpha value is -1.76. The highest BCUT2D eigenvalue weighted by Gasteiger charge is 2.06. The minimum atomic E-state index is -0.382. The molecule has 0 saturated heterocycles. The van der Waals surface area contributed by atoms with E-state index in [2.05, 4.69) is 26.1 Å². The Balaban J connectivity index is 2.47. The number of nitrogens with zero attached hydrogens (tertiary/aromatic N) is 2. The van der Waals surface area contributed by atoms with Crippen LogP contribution in [0.1, 0.15) is 23.1 Å². The molecule has 7 heteroatoms. The quantitative estimate of drug-likeness (QED) is 0.494. The first-order valence-electron chi connectivity index (χ1n) is 4.76. The van der Waals surface area contributed by atoms with Crippen molar-refractivity contribution in [3.63, 3.8) is 0 Å². The topological polar surface area (TPSA) is 78.9 Å². The Kier molecular flexibility index (Phi) is 4.59. The molecule has 1 rings (SSSR count). The Morgan fingerprint density at radius 1 is 1.38 bits per heavy atom. The molecular formula is C9H13N5OS. The van der Waals surface area contributed by atoms with E-state index in [1.165, 1.54) is 12.4 Å². The SMILES string of the molecule is CCNC(=S)NNC(=O)c1cnc(C)cn1. The summed E-state index contributed by atoms with van der Waals surface area (Å²) in [7, 11) is 0. The van der Waals surface area contributed by atoms with Gasteiger partial charge in [0, 0.05) is 12.7 Å². The fourth-order valence-electron chi connectivity index (χ4n) is 0.892. The van der Waals surface area contributed by atoms with Gasteiger partial charge < -0.3 is 5.32 Å². The van der Waals surface area contributed by atoms with E-state index in [4.69, 9.17) is 12.2 Å². The van der Waals surface area contributed by atoms with Crippen molar-refractivity contribution in [1.29, 1.82) is 0 Å². The fourth-order valence-corrected chi connectivity index (χ4v) is 1.09. The molecule has 1 heterocycles. The molecule has 0 spiro atoms. The van der Waals surface area contributed by atoms with Crippen molar-refractivity contribution in [2.45, 2.75) is 13.8 Å². The van der Waals surface area contributed by atoms with E-state index < -0.39 is 0 Å². The van der Waals surface area contributed by atoms with E-state index in [-0.39, 0.29) is 11.6 Å². The second-order valence-corrected chi connectivity index (χ2v) is 3.39. The van der Waals surface area contributed by atoms with Gasteiger partial charge in [0.2, 0.25) is 0 Å². The summed E-state index contributed by atoms with van der Waals surface area (Å²) >= 11 is 4.87. The number of carbonyl (C=O) groups excluding carboxylic acids is 1. The van der Waals surface area contributed by atoms with E-state index in [0.717, 1.165) is 5.69 Å². The molecule has 0 aliphatic rings. The molecule has 0 aliphatic heterocycles. The van der Waals surface area contributed by atoms with Gasteiger partial charge in [0.05, 0.1) is 11.9 Å². The van der Waals surface area contributed by atoms with Crippen molar-refractivity contribution in [3.8, 4) is 0 Å². The predicted octanol–water partition coefficient (Wildman–Crippen LogP) is -0.0862. The van der Waals surface area contributed by atoms with Crippen molar-refractivity contribution in [2.75, 3.05) is 6.54 Å². The minimum absolute atomic E-state index is 0.234. The number of hydrogen-bond acceptors (Lipinski definition) is 4. The van der Waals surface area contributed by atoms with Gasteiger partial charge >= 0.3 is 0 Å². The number of hydrogen-bond donors (Lipinski definition) is 3. The van der Waals surface area contributed by atoms with Crippen molar-refractivity contribution in [3.05, 3.63) is 23.8 Å². The average molecular weight is 239 g/mol. The van der Waals surface area contributed by atoms with Gasteiger partial charge in [-0.1, -0.05) is 0 Å². The standard InChI is InChI=1S/C9H13N5OS/c1-3-10-9(16)14-13-8(15)7-5-11-6(2)4-12-7/h4-5H,3H2,1-2H3,(H,13,15)(H2,10,14,16). The van der Waals surface area contributed by atoms with Crippen LogP contribution in [-0.4, -0.2) is 27.5 Å². The molecule has 1 aromatic rings. The summed E-state index contributed by atoms with van der Waals surface area (Å²) < 4.78 is 0. The van der Waals surface area contributed by atoms with E-state index in [1.807, 2.05) is 6.92 Å². The number of thiocarbonyl (C=S) groups is 1. The summed E-state index contributed by atoms with van der Waals surface area (Å²) in [5, 5.41) is 3.19. The van der Waals surface area contributed by atoms with Crippen LogP contribution < -0.4 is 16.2 Å². The van der Waals surface area contributed by atoms with E-state index >= 15 is 0 Å². The molecule has 0 saturated carbocycles. The number of nitrogens with one attached hydrogen (secondary N) is 3. The molecule has 0 fully saturated rings. The molecule has 1 amide bonds. The summed E-state index contributed by atoms with van der Waals surface area (Å²) in [4.78, 5) is 19.4. The third kappa shape index (κ3) is 3.77. The third-order valence-electron chi connectivity index (χ3n) is 1.64. The predicted molar refractivity (Wildman–Crippen MR) is 63.6 cm³/mol. The first-order valence-corrected chi connectivity index (χ1v) is 5.17. The second kappa shape index (κ2) is 5.96. The Morgan fingerprint density at radius 3 is 2.69 bits per heavy atom. The molecule has 0 aliphatic carbocycles. The second-order valence-electron chi connectivity index (χ2n) is 2.98. The van der Waals surface area contributed by atoms with E-state index in [9.17, 15) is 4.79 Å². The molecule has 6 nitrogen and oxygen atoms in total. The number of aryl methyl sites for hydroxylation is 1. The lowest BCUT2D eigenvalue weighted by Crippen LogP contribution is -2.46. The van der Waals surface area contributed by atoms with Gasteiger partial charge in [-0.15, -0.1) is 0 Å². The molecule has 0 atom stereocenters. The van der Waals surface area contributed by atoms with Crippen molar-refractivity contribution in [1.82, 2.24) is 26.1 Å². The third-order valence-corrected chi connectivity index (χ3v) is 1.89. The highest BCUT2D eigenvalue weighted by Crippen LogP contribution is 1.92. The largest absolute Gasteiger partial charge is 0.362 e. The molecule has 16 heavy (non-hydrogen) atoms. The number of aromatic nitrogens is 2. The number of rotatable bonds is 2. The summed E-state index contributed by atoms with van der Waals surface area (Å²) in [6, 6.07) is 0. The fraction of sp³-hybridized carbons (Fsp3) is 0.333. The molecule has 1 aromatic heterocycles. The van der Waals surface area contributed by atoms with Crippen LogP contribution in [0.4, 0.5) is 0 Å². The molecule has 3 N–H and O–H groups in total. The monoisotopic (exact) mass is 239 g/mol. The molecule has 0 unspecified atom stereocenters. The zero-order chi connectivity index (χ0) is 12.0. The van der Waals surface area contributed by atoms with Gasteiger partial charge in [-0.25, -0.2) is 4.98 Å². The van der Waals surface area contributed by atoms with Crippen LogP contribution in [0, 0.1) is 6.92 Å². The first kappa shape index (κ1) is 12.3. The number of hydrazine groups is 1. The van der Waals surface area contributed by atoms with Gasteiger partial charge in [-0.05, 0) is 26.1 Å². The summed E-state index contributed by atoms with van der Waals surface area (Å²) in [6.45, 7) is 4.39. The summed E-state index contributed by atoms with van der Waals surface area (Å²) in [5.41, 5.74) is 5.95. The van der Waals surface area contributed by atoms with Crippen LogP contribution in [0.5, 0.6) is 0 Å². The lowest BCUT2D eigenvalue weighted by Gasteiger charge is -2.09. The minimum Gasteiger partial charge on any atom is -0.362 e. The molecule has 0 radical (unpaired) electrons. The van der Waals surface area contributed by atoms with Crippen molar-refractivity contribution >= 4 is 23.2 Å². The maximum atomic E-state index is 11.5. The van der Waals surface area contributed by atoms with Crippen LogP contribution in [0.15, 0.2) is 12.4 Å². The van der Waals surface area contributed by atoms with Crippen LogP contribution in [0.3, 0.4) is 0 Å². The molecule has 0 bridgehead atoms. The smallest absolute Gasteiger partial charge is 0.289 e. The highest BCUT2D eigenvalue weighted by molar-refractivity contribution is 7.80. The normalized spacial score (nSPS) is 9.38.